The minimum Gasteiger partial charge on any atom is -0.338 e. The van der Waals surface area contributed by atoms with E-state index in [1.165, 1.54) is 0 Å². The Labute approximate surface area is 126 Å². The maximum atomic E-state index is 12.1. The number of hydrogen-bond acceptors (Lipinski definition) is 1. The Morgan fingerprint density at radius 1 is 0.952 bits per heavy atom. The summed E-state index contributed by atoms with van der Waals surface area (Å²) in [6, 6.07) is 19.8. The number of unbranched alkanes of at least 4 members (excludes halogenated alkanes) is 1. The van der Waals surface area contributed by atoms with Crippen LogP contribution in [0, 0.1) is 0 Å². The fraction of sp³-hybridized carbons (Fsp3) is 0.278. The van der Waals surface area contributed by atoms with E-state index in [9.17, 15) is 4.79 Å². The molecule has 3 nitrogen and oxygen atoms in total. The molecule has 0 aliphatic heterocycles. The average molecular weight is 282 g/mol. The van der Waals surface area contributed by atoms with Crippen molar-refractivity contribution in [2.45, 2.75) is 25.8 Å². The van der Waals surface area contributed by atoms with Crippen LogP contribution in [0.1, 0.15) is 36.9 Å². The summed E-state index contributed by atoms with van der Waals surface area (Å²) < 4.78 is 0. The second-order valence-electron chi connectivity index (χ2n) is 5.01. The fourth-order valence-electron chi connectivity index (χ4n) is 2.21. The van der Waals surface area contributed by atoms with E-state index in [2.05, 4.69) is 17.6 Å². The van der Waals surface area contributed by atoms with Gasteiger partial charge in [-0.15, -0.1) is 0 Å². The highest BCUT2D eigenvalue weighted by Crippen LogP contribution is 2.21. The van der Waals surface area contributed by atoms with Crippen molar-refractivity contribution in [3.05, 3.63) is 71.8 Å². The molecule has 2 amide bonds. The topological polar surface area (TPSA) is 41.1 Å². The zero-order valence-corrected chi connectivity index (χ0v) is 12.4. The van der Waals surface area contributed by atoms with Crippen LogP contribution < -0.4 is 10.6 Å². The molecule has 0 aromatic heterocycles. The molecule has 21 heavy (non-hydrogen) atoms. The highest BCUT2D eigenvalue weighted by atomic mass is 16.2. The molecule has 0 saturated heterocycles. The van der Waals surface area contributed by atoms with Crippen LogP contribution in [0.5, 0.6) is 0 Å². The van der Waals surface area contributed by atoms with Gasteiger partial charge in [-0.1, -0.05) is 74.0 Å². The third-order valence-corrected chi connectivity index (χ3v) is 3.36. The number of hydrogen-bond donors (Lipinski definition) is 2. The zero-order valence-electron chi connectivity index (χ0n) is 12.4. The van der Waals surface area contributed by atoms with Crippen LogP contribution >= 0.6 is 0 Å². The lowest BCUT2D eigenvalue weighted by atomic mass is 9.99. The summed E-state index contributed by atoms with van der Waals surface area (Å²) in [4.78, 5) is 12.1. The Bertz CT molecular complexity index is 500. The lowest BCUT2D eigenvalue weighted by molar-refractivity contribution is 0.238. The van der Waals surface area contributed by atoms with Gasteiger partial charge in [-0.05, 0) is 17.5 Å². The van der Waals surface area contributed by atoms with Gasteiger partial charge in [0.05, 0.1) is 6.04 Å². The van der Waals surface area contributed by atoms with Crippen molar-refractivity contribution in [1.29, 1.82) is 0 Å². The molecular formula is C18H22N2O. The van der Waals surface area contributed by atoms with Gasteiger partial charge in [0, 0.05) is 6.54 Å². The average Bonchev–Trinajstić information content (AvgIpc) is 2.54. The number of benzene rings is 2. The summed E-state index contributed by atoms with van der Waals surface area (Å²) in [5.74, 6) is 0. The molecule has 2 aromatic carbocycles. The Morgan fingerprint density at radius 2 is 1.48 bits per heavy atom. The van der Waals surface area contributed by atoms with E-state index in [1.54, 1.807) is 0 Å². The van der Waals surface area contributed by atoms with Crippen LogP contribution in [0.4, 0.5) is 4.79 Å². The molecule has 0 aliphatic rings. The van der Waals surface area contributed by atoms with E-state index in [1.807, 2.05) is 60.7 Å². The summed E-state index contributed by atoms with van der Waals surface area (Å²) in [7, 11) is 0. The van der Waals surface area contributed by atoms with Crippen LogP contribution in [0.3, 0.4) is 0 Å². The second-order valence-corrected chi connectivity index (χ2v) is 5.01. The predicted octanol–water partition coefficient (Wildman–Crippen LogP) is 3.88. The van der Waals surface area contributed by atoms with E-state index in [0.717, 1.165) is 24.0 Å². The molecule has 0 unspecified atom stereocenters. The van der Waals surface area contributed by atoms with Crippen LogP contribution in [0.15, 0.2) is 60.7 Å². The number of urea groups is 1. The lowest BCUT2D eigenvalue weighted by Crippen LogP contribution is -2.38. The highest BCUT2D eigenvalue weighted by Gasteiger charge is 2.15. The number of nitrogens with one attached hydrogen (secondary N) is 2. The number of carbonyl (C=O) groups is 1. The van der Waals surface area contributed by atoms with Gasteiger partial charge in [0.25, 0.3) is 0 Å². The Hall–Kier alpha value is -2.29. The molecule has 0 radical (unpaired) electrons. The van der Waals surface area contributed by atoms with E-state index >= 15 is 0 Å². The molecule has 0 heterocycles. The fourth-order valence-corrected chi connectivity index (χ4v) is 2.21. The molecule has 2 aromatic rings. The molecule has 0 fully saturated rings. The van der Waals surface area contributed by atoms with Crippen molar-refractivity contribution < 1.29 is 4.79 Å². The minimum absolute atomic E-state index is 0.124. The largest absolute Gasteiger partial charge is 0.338 e. The molecular weight excluding hydrogens is 260 g/mol. The van der Waals surface area contributed by atoms with E-state index in [4.69, 9.17) is 0 Å². The van der Waals surface area contributed by atoms with Gasteiger partial charge >= 0.3 is 6.03 Å². The third-order valence-electron chi connectivity index (χ3n) is 3.36. The molecule has 2 N–H and O–H groups in total. The number of carbonyl (C=O) groups excluding carboxylic acids is 1. The Balaban J connectivity index is 2.12. The molecule has 3 heteroatoms. The van der Waals surface area contributed by atoms with Gasteiger partial charge in [0.15, 0.2) is 0 Å². The normalized spacial score (nSPS) is 10.4. The van der Waals surface area contributed by atoms with Gasteiger partial charge in [-0.3, -0.25) is 0 Å². The van der Waals surface area contributed by atoms with Gasteiger partial charge in [0.2, 0.25) is 0 Å². The van der Waals surface area contributed by atoms with Crippen molar-refractivity contribution in [3.8, 4) is 0 Å². The molecule has 0 saturated carbocycles. The maximum Gasteiger partial charge on any atom is 0.315 e. The minimum atomic E-state index is -0.131. The van der Waals surface area contributed by atoms with Crippen molar-refractivity contribution in [3.63, 3.8) is 0 Å². The monoisotopic (exact) mass is 282 g/mol. The first-order valence-electron chi connectivity index (χ1n) is 7.45. The highest BCUT2D eigenvalue weighted by molar-refractivity contribution is 5.75. The van der Waals surface area contributed by atoms with Gasteiger partial charge in [-0.25, -0.2) is 4.79 Å². The van der Waals surface area contributed by atoms with Crippen LogP contribution in [0.2, 0.25) is 0 Å². The van der Waals surface area contributed by atoms with Crippen molar-refractivity contribution in [2.24, 2.45) is 0 Å². The van der Waals surface area contributed by atoms with Crippen molar-refractivity contribution in [2.75, 3.05) is 6.54 Å². The molecule has 110 valence electrons. The second kappa shape index (κ2) is 8.10. The summed E-state index contributed by atoms with van der Waals surface area (Å²) in [6.45, 7) is 2.81. The number of amides is 2. The summed E-state index contributed by atoms with van der Waals surface area (Å²) >= 11 is 0. The molecule has 2 rings (SSSR count). The van der Waals surface area contributed by atoms with Crippen molar-refractivity contribution in [1.82, 2.24) is 10.6 Å². The molecule has 0 bridgehead atoms. The zero-order chi connectivity index (χ0) is 14.9. The molecule has 0 atom stereocenters. The van der Waals surface area contributed by atoms with Crippen molar-refractivity contribution >= 4 is 6.03 Å². The lowest BCUT2D eigenvalue weighted by Gasteiger charge is -2.20. The van der Waals surface area contributed by atoms with Crippen LogP contribution in [-0.2, 0) is 0 Å². The SMILES string of the molecule is CCCCNC(=O)NC(c1ccccc1)c1ccccc1. The Morgan fingerprint density at radius 3 is 1.95 bits per heavy atom. The molecule has 0 spiro atoms. The predicted molar refractivity (Wildman–Crippen MR) is 86.2 cm³/mol. The van der Waals surface area contributed by atoms with E-state index < -0.39 is 0 Å². The van der Waals surface area contributed by atoms with Gasteiger partial charge in [0.1, 0.15) is 0 Å². The maximum absolute atomic E-state index is 12.1. The van der Waals surface area contributed by atoms with Gasteiger partial charge in [-0.2, -0.15) is 0 Å². The standard InChI is InChI=1S/C18H22N2O/c1-2-3-14-19-18(21)20-17(15-10-6-4-7-11-15)16-12-8-5-9-13-16/h4-13,17H,2-3,14H2,1H3,(H2,19,20,21). The Kier molecular flexibility index (Phi) is 5.83. The summed E-state index contributed by atoms with van der Waals surface area (Å²) in [5, 5.41) is 5.96. The van der Waals surface area contributed by atoms with E-state index in [0.29, 0.717) is 6.54 Å². The van der Waals surface area contributed by atoms with Gasteiger partial charge < -0.3 is 10.6 Å². The molecule has 0 aliphatic carbocycles. The first kappa shape index (κ1) is 15.1. The first-order chi connectivity index (χ1) is 10.3. The first-order valence-corrected chi connectivity index (χ1v) is 7.45. The number of rotatable bonds is 6. The van der Waals surface area contributed by atoms with E-state index in [-0.39, 0.29) is 12.1 Å². The summed E-state index contributed by atoms with van der Waals surface area (Å²) in [5.41, 5.74) is 2.16. The smallest absolute Gasteiger partial charge is 0.315 e. The third kappa shape index (κ3) is 4.63. The van der Waals surface area contributed by atoms with Crippen LogP contribution in [0.25, 0.3) is 0 Å². The quantitative estimate of drug-likeness (QED) is 0.776. The van der Waals surface area contributed by atoms with Crippen LogP contribution in [-0.4, -0.2) is 12.6 Å². The summed E-state index contributed by atoms with van der Waals surface area (Å²) in [6.07, 6.45) is 2.07.